The minimum atomic E-state index is -0.273. The van der Waals surface area contributed by atoms with Crippen LogP contribution in [0.3, 0.4) is 0 Å². The third-order valence-electron chi connectivity index (χ3n) is 3.44. The first-order valence-corrected chi connectivity index (χ1v) is 7.53. The van der Waals surface area contributed by atoms with Crippen LogP contribution in [-0.2, 0) is 19.5 Å². The van der Waals surface area contributed by atoms with E-state index < -0.39 is 0 Å². The van der Waals surface area contributed by atoms with Crippen molar-refractivity contribution in [3.05, 3.63) is 45.4 Å². The number of nitrogens with one attached hydrogen (secondary N) is 1. The summed E-state index contributed by atoms with van der Waals surface area (Å²) < 4.78 is 13.8. The van der Waals surface area contributed by atoms with E-state index in [9.17, 15) is 4.39 Å². The van der Waals surface area contributed by atoms with Crippen LogP contribution in [0.15, 0.2) is 22.7 Å². The molecular formula is C15H15BrFN3. The van der Waals surface area contributed by atoms with E-state index >= 15 is 0 Å². The maximum Gasteiger partial charge on any atom is 0.159 e. The number of aryl methyl sites for hydroxylation is 1. The molecular weight excluding hydrogens is 321 g/mol. The Balaban J connectivity index is 2.09. The van der Waals surface area contributed by atoms with Gasteiger partial charge in [-0.25, -0.2) is 14.4 Å². The molecule has 0 amide bonds. The Morgan fingerprint density at radius 2 is 2.15 bits per heavy atom. The third-order valence-corrected chi connectivity index (χ3v) is 4.04. The molecule has 0 saturated heterocycles. The van der Waals surface area contributed by atoms with Crippen LogP contribution in [0, 0.1) is 5.82 Å². The summed E-state index contributed by atoms with van der Waals surface area (Å²) in [5.74, 6) is 0.405. The minimum Gasteiger partial charge on any atom is -0.307 e. The molecule has 2 heterocycles. The Labute approximate surface area is 125 Å². The highest BCUT2D eigenvalue weighted by atomic mass is 79.9. The molecule has 1 aromatic carbocycles. The van der Waals surface area contributed by atoms with Gasteiger partial charge in [-0.2, -0.15) is 0 Å². The minimum absolute atomic E-state index is 0.273. The molecule has 3 nitrogen and oxygen atoms in total. The van der Waals surface area contributed by atoms with Crippen molar-refractivity contribution >= 4 is 15.9 Å². The number of aromatic nitrogens is 2. The molecule has 0 saturated carbocycles. The molecule has 104 valence electrons. The lowest BCUT2D eigenvalue weighted by molar-refractivity contribution is 0.621. The lowest BCUT2D eigenvalue weighted by Gasteiger charge is -2.09. The normalized spacial score (nSPS) is 13.6. The number of hydrogen-bond donors (Lipinski definition) is 1. The van der Waals surface area contributed by atoms with Gasteiger partial charge in [-0.3, -0.25) is 0 Å². The van der Waals surface area contributed by atoms with E-state index in [1.165, 1.54) is 11.6 Å². The highest BCUT2D eigenvalue weighted by Gasteiger charge is 2.19. The van der Waals surface area contributed by atoms with Crippen LogP contribution in [0.2, 0.25) is 0 Å². The fraction of sp³-hybridized carbons (Fsp3) is 0.333. The first-order chi connectivity index (χ1) is 9.69. The van der Waals surface area contributed by atoms with E-state index in [0.29, 0.717) is 10.3 Å². The van der Waals surface area contributed by atoms with Gasteiger partial charge in [-0.05, 0) is 40.5 Å². The summed E-state index contributed by atoms with van der Waals surface area (Å²) >= 11 is 3.21. The lowest BCUT2D eigenvalue weighted by Crippen LogP contribution is -2.03. The molecule has 20 heavy (non-hydrogen) atoms. The molecule has 2 aromatic rings. The van der Waals surface area contributed by atoms with E-state index in [4.69, 9.17) is 0 Å². The molecule has 3 rings (SSSR count). The van der Waals surface area contributed by atoms with E-state index in [2.05, 4.69) is 38.1 Å². The molecule has 1 aliphatic heterocycles. The fourth-order valence-corrected chi connectivity index (χ4v) is 2.83. The zero-order chi connectivity index (χ0) is 14.1. The topological polar surface area (TPSA) is 37.8 Å². The Hall–Kier alpha value is -1.33. The van der Waals surface area contributed by atoms with Crippen molar-refractivity contribution in [2.45, 2.75) is 32.9 Å². The second-order valence-electron chi connectivity index (χ2n) is 4.90. The Bertz CT molecular complexity index is 658. The van der Waals surface area contributed by atoms with Crippen LogP contribution in [0.1, 0.15) is 30.3 Å². The SMILES string of the molecule is CCCc1nc(-c2ccc(F)c(Br)c2)nc2c1CNC2. The third kappa shape index (κ3) is 2.47. The molecule has 1 aromatic heterocycles. The van der Waals surface area contributed by atoms with E-state index in [1.54, 1.807) is 12.1 Å². The number of nitrogens with zero attached hydrogens (tertiary/aromatic N) is 2. The van der Waals surface area contributed by atoms with Crippen LogP contribution in [0.5, 0.6) is 0 Å². The summed E-state index contributed by atoms with van der Waals surface area (Å²) in [6, 6.07) is 4.89. The smallest absolute Gasteiger partial charge is 0.159 e. The van der Waals surface area contributed by atoms with Crippen molar-refractivity contribution < 1.29 is 4.39 Å². The van der Waals surface area contributed by atoms with Gasteiger partial charge in [0.05, 0.1) is 10.2 Å². The number of hydrogen-bond acceptors (Lipinski definition) is 3. The summed E-state index contributed by atoms with van der Waals surface area (Å²) in [5.41, 5.74) is 4.25. The van der Waals surface area contributed by atoms with Crippen molar-refractivity contribution in [3.8, 4) is 11.4 Å². The van der Waals surface area contributed by atoms with Gasteiger partial charge in [0.1, 0.15) is 5.82 Å². The van der Waals surface area contributed by atoms with Gasteiger partial charge < -0.3 is 5.32 Å². The quantitative estimate of drug-likeness (QED) is 0.931. The monoisotopic (exact) mass is 335 g/mol. The number of rotatable bonds is 3. The summed E-state index contributed by atoms with van der Waals surface area (Å²) in [4.78, 5) is 9.30. The molecule has 0 fully saturated rings. The number of fused-ring (bicyclic) bond motifs is 1. The van der Waals surface area contributed by atoms with Gasteiger partial charge >= 0.3 is 0 Å². The van der Waals surface area contributed by atoms with Gasteiger partial charge in [-0.1, -0.05) is 13.3 Å². The molecule has 1 aliphatic rings. The molecule has 0 radical (unpaired) electrons. The Kier molecular flexibility index (Phi) is 3.81. The van der Waals surface area contributed by atoms with E-state index in [1.807, 2.05) is 0 Å². The van der Waals surface area contributed by atoms with E-state index in [0.717, 1.165) is 42.9 Å². The highest BCUT2D eigenvalue weighted by Crippen LogP contribution is 2.26. The molecule has 0 spiro atoms. The Morgan fingerprint density at radius 1 is 1.30 bits per heavy atom. The molecule has 5 heteroatoms. The lowest BCUT2D eigenvalue weighted by atomic mass is 10.1. The van der Waals surface area contributed by atoms with E-state index in [-0.39, 0.29) is 5.82 Å². The average molecular weight is 336 g/mol. The predicted octanol–water partition coefficient (Wildman–Crippen LogP) is 3.60. The standard InChI is InChI=1S/C15H15BrFN3/c1-2-3-13-10-7-18-8-14(10)20-15(19-13)9-4-5-12(17)11(16)6-9/h4-6,18H,2-3,7-8H2,1H3. The zero-order valence-corrected chi connectivity index (χ0v) is 12.8. The maximum absolute atomic E-state index is 13.3. The van der Waals surface area contributed by atoms with Gasteiger partial charge in [-0.15, -0.1) is 0 Å². The van der Waals surface area contributed by atoms with Crippen molar-refractivity contribution in [2.75, 3.05) is 0 Å². The van der Waals surface area contributed by atoms with Crippen LogP contribution in [-0.4, -0.2) is 9.97 Å². The van der Waals surface area contributed by atoms with Crippen molar-refractivity contribution in [2.24, 2.45) is 0 Å². The predicted molar refractivity (Wildman–Crippen MR) is 79.7 cm³/mol. The highest BCUT2D eigenvalue weighted by molar-refractivity contribution is 9.10. The summed E-state index contributed by atoms with van der Waals surface area (Å²) in [7, 11) is 0. The van der Waals surface area contributed by atoms with Gasteiger partial charge in [0, 0.05) is 29.9 Å². The number of benzene rings is 1. The summed E-state index contributed by atoms with van der Waals surface area (Å²) in [6.07, 6.45) is 2.00. The Morgan fingerprint density at radius 3 is 2.90 bits per heavy atom. The summed E-state index contributed by atoms with van der Waals surface area (Å²) in [6.45, 7) is 3.77. The van der Waals surface area contributed by atoms with Gasteiger partial charge in [0.2, 0.25) is 0 Å². The second kappa shape index (κ2) is 5.58. The first kappa shape index (κ1) is 13.6. The van der Waals surface area contributed by atoms with Gasteiger partial charge in [0.15, 0.2) is 5.82 Å². The van der Waals surface area contributed by atoms with Gasteiger partial charge in [0.25, 0.3) is 0 Å². The second-order valence-corrected chi connectivity index (χ2v) is 5.76. The molecule has 1 N–H and O–H groups in total. The van der Waals surface area contributed by atoms with Crippen LogP contribution in [0.4, 0.5) is 4.39 Å². The number of halogens is 2. The zero-order valence-electron chi connectivity index (χ0n) is 11.2. The van der Waals surface area contributed by atoms with Crippen molar-refractivity contribution in [3.63, 3.8) is 0 Å². The fourth-order valence-electron chi connectivity index (χ4n) is 2.45. The van der Waals surface area contributed by atoms with Crippen LogP contribution < -0.4 is 5.32 Å². The summed E-state index contributed by atoms with van der Waals surface area (Å²) in [5, 5.41) is 3.31. The van der Waals surface area contributed by atoms with Crippen LogP contribution in [0.25, 0.3) is 11.4 Å². The molecule has 0 aliphatic carbocycles. The van der Waals surface area contributed by atoms with Crippen molar-refractivity contribution in [1.82, 2.24) is 15.3 Å². The van der Waals surface area contributed by atoms with Crippen molar-refractivity contribution in [1.29, 1.82) is 0 Å². The molecule has 0 bridgehead atoms. The molecule has 0 unspecified atom stereocenters. The largest absolute Gasteiger partial charge is 0.307 e. The molecule has 0 atom stereocenters. The maximum atomic E-state index is 13.3. The van der Waals surface area contributed by atoms with Crippen LogP contribution >= 0.6 is 15.9 Å². The first-order valence-electron chi connectivity index (χ1n) is 6.74. The average Bonchev–Trinajstić information content (AvgIpc) is 2.90.